The summed E-state index contributed by atoms with van der Waals surface area (Å²) in [7, 11) is 0. The zero-order chi connectivity index (χ0) is 9.84. The van der Waals surface area contributed by atoms with Crippen LogP contribution in [0.1, 0.15) is 6.92 Å². The number of nitriles is 1. The molecule has 1 aliphatic rings. The number of hydrogen-bond acceptors (Lipinski definition) is 3. The molecule has 1 rings (SSSR count). The molecule has 2 atom stereocenters. The van der Waals surface area contributed by atoms with Gasteiger partial charge in [0.05, 0.1) is 6.07 Å². The molecule has 1 heterocycles. The molecule has 70 valence electrons. The largest absolute Gasteiger partial charge is 0.339 e. The summed E-state index contributed by atoms with van der Waals surface area (Å²) in [6, 6.07) is 0.405. The van der Waals surface area contributed by atoms with Crippen LogP contribution >= 0.6 is 0 Å². The first-order chi connectivity index (χ1) is 6.13. The summed E-state index contributed by atoms with van der Waals surface area (Å²) >= 11 is 0. The summed E-state index contributed by atoms with van der Waals surface area (Å²) in [5.41, 5.74) is 0. The number of amides is 3. The van der Waals surface area contributed by atoms with E-state index in [1.165, 1.54) is 0 Å². The van der Waals surface area contributed by atoms with Crippen molar-refractivity contribution in [1.29, 1.82) is 5.26 Å². The Morgan fingerprint density at radius 3 is 3.00 bits per heavy atom. The molecule has 13 heavy (non-hydrogen) atoms. The summed E-state index contributed by atoms with van der Waals surface area (Å²) in [5, 5.41) is 15.7. The van der Waals surface area contributed by atoms with E-state index in [0.29, 0.717) is 0 Å². The van der Waals surface area contributed by atoms with Crippen molar-refractivity contribution in [2.45, 2.75) is 19.0 Å². The standard InChI is InChI=1S/C7H10N4O2/c1-4(2-8)10-6(12)5-3-9-7(13)11-5/h4-5H,3H2,1H3,(H,10,12)(H2,9,11,13)/t4-,5?/m0/s1. The molecule has 1 saturated heterocycles. The van der Waals surface area contributed by atoms with Gasteiger partial charge < -0.3 is 16.0 Å². The minimum Gasteiger partial charge on any atom is -0.339 e. The van der Waals surface area contributed by atoms with Crippen molar-refractivity contribution in [3.8, 4) is 6.07 Å². The minimum absolute atomic E-state index is 0.267. The van der Waals surface area contributed by atoms with Gasteiger partial charge in [-0.1, -0.05) is 0 Å². The molecule has 0 radical (unpaired) electrons. The van der Waals surface area contributed by atoms with E-state index in [0.717, 1.165) is 0 Å². The minimum atomic E-state index is -0.566. The maximum atomic E-state index is 11.2. The van der Waals surface area contributed by atoms with Crippen LogP contribution in [0.25, 0.3) is 0 Å². The molecule has 3 amide bonds. The molecule has 0 aromatic carbocycles. The number of carbonyl (C=O) groups is 2. The van der Waals surface area contributed by atoms with Gasteiger partial charge in [0, 0.05) is 6.54 Å². The van der Waals surface area contributed by atoms with Gasteiger partial charge in [0.25, 0.3) is 0 Å². The Morgan fingerprint density at radius 1 is 1.85 bits per heavy atom. The van der Waals surface area contributed by atoms with E-state index < -0.39 is 12.1 Å². The highest BCUT2D eigenvalue weighted by Gasteiger charge is 2.27. The molecule has 1 fully saturated rings. The number of rotatable bonds is 2. The lowest BCUT2D eigenvalue weighted by Crippen LogP contribution is -2.45. The Labute approximate surface area is 75.3 Å². The van der Waals surface area contributed by atoms with Crippen LogP contribution in [0.5, 0.6) is 0 Å². The molecule has 0 saturated carbocycles. The number of nitrogens with one attached hydrogen (secondary N) is 3. The van der Waals surface area contributed by atoms with Gasteiger partial charge >= 0.3 is 6.03 Å². The van der Waals surface area contributed by atoms with Crippen molar-refractivity contribution in [2.75, 3.05) is 6.54 Å². The highest BCUT2D eigenvalue weighted by atomic mass is 16.2. The van der Waals surface area contributed by atoms with Gasteiger partial charge in [0.15, 0.2) is 0 Å². The van der Waals surface area contributed by atoms with Gasteiger partial charge in [-0.3, -0.25) is 4.79 Å². The molecule has 0 bridgehead atoms. The van der Waals surface area contributed by atoms with E-state index in [2.05, 4.69) is 16.0 Å². The first-order valence-corrected chi connectivity index (χ1v) is 3.88. The smallest absolute Gasteiger partial charge is 0.315 e. The van der Waals surface area contributed by atoms with E-state index >= 15 is 0 Å². The monoisotopic (exact) mass is 182 g/mol. The quantitative estimate of drug-likeness (QED) is 0.495. The van der Waals surface area contributed by atoms with Crippen molar-refractivity contribution < 1.29 is 9.59 Å². The van der Waals surface area contributed by atoms with Crippen LogP contribution in [0, 0.1) is 11.3 Å². The number of nitrogens with zero attached hydrogens (tertiary/aromatic N) is 1. The van der Waals surface area contributed by atoms with Crippen molar-refractivity contribution in [2.24, 2.45) is 0 Å². The average molecular weight is 182 g/mol. The molecule has 6 nitrogen and oxygen atoms in total. The first-order valence-electron chi connectivity index (χ1n) is 3.88. The van der Waals surface area contributed by atoms with Crippen molar-refractivity contribution >= 4 is 11.9 Å². The van der Waals surface area contributed by atoms with Crippen LogP contribution in [-0.2, 0) is 4.79 Å². The summed E-state index contributed by atoms with van der Waals surface area (Å²) in [4.78, 5) is 21.9. The third-order valence-corrected chi connectivity index (χ3v) is 1.64. The average Bonchev–Trinajstić information content (AvgIpc) is 2.51. The second-order valence-corrected chi connectivity index (χ2v) is 2.77. The molecule has 0 aliphatic carbocycles. The van der Waals surface area contributed by atoms with Crippen LogP contribution in [0.2, 0.25) is 0 Å². The predicted molar refractivity (Wildman–Crippen MR) is 43.5 cm³/mol. The SMILES string of the molecule is C[C@@H](C#N)NC(=O)C1CNC(=O)N1. The Balaban J connectivity index is 2.41. The Kier molecular flexibility index (Phi) is 2.69. The fourth-order valence-electron chi connectivity index (χ4n) is 0.960. The van der Waals surface area contributed by atoms with Gasteiger partial charge in [-0.05, 0) is 6.92 Å². The van der Waals surface area contributed by atoms with Gasteiger partial charge in [-0.25, -0.2) is 4.79 Å². The number of carbonyl (C=O) groups excluding carboxylic acids is 2. The van der Waals surface area contributed by atoms with Gasteiger partial charge in [0.1, 0.15) is 12.1 Å². The van der Waals surface area contributed by atoms with Crippen LogP contribution in [0.3, 0.4) is 0 Å². The third-order valence-electron chi connectivity index (χ3n) is 1.64. The number of urea groups is 1. The molecular weight excluding hydrogens is 172 g/mol. The summed E-state index contributed by atoms with van der Waals surface area (Å²) < 4.78 is 0. The summed E-state index contributed by atoms with van der Waals surface area (Å²) in [6.07, 6.45) is 0. The molecule has 0 aromatic heterocycles. The predicted octanol–water partition coefficient (Wildman–Crippen LogP) is -1.30. The van der Waals surface area contributed by atoms with Crippen molar-refractivity contribution in [3.63, 3.8) is 0 Å². The lowest BCUT2D eigenvalue weighted by atomic mass is 10.2. The van der Waals surface area contributed by atoms with Crippen LogP contribution in [0.4, 0.5) is 4.79 Å². The van der Waals surface area contributed by atoms with Gasteiger partial charge in [-0.2, -0.15) is 5.26 Å². The highest BCUT2D eigenvalue weighted by molar-refractivity contribution is 5.90. The fraction of sp³-hybridized carbons (Fsp3) is 0.571. The molecule has 3 N–H and O–H groups in total. The molecule has 1 unspecified atom stereocenters. The lowest BCUT2D eigenvalue weighted by molar-refractivity contribution is -0.122. The topological polar surface area (TPSA) is 94.0 Å². The van der Waals surface area contributed by atoms with Crippen LogP contribution in [-0.4, -0.2) is 30.6 Å². The molecular formula is C7H10N4O2. The zero-order valence-corrected chi connectivity index (χ0v) is 7.13. The van der Waals surface area contributed by atoms with E-state index in [1.54, 1.807) is 6.92 Å². The first kappa shape index (κ1) is 9.32. The van der Waals surface area contributed by atoms with Crippen LogP contribution in [0.15, 0.2) is 0 Å². The summed E-state index contributed by atoms with van der Waals surface area (Å²) in [6.45, 7) is 1.84. The zero-order valence-electron chi connectivity index (χ0n) is 7.13. The maximum absolute atomic E-state index is 11.2. The number of hydrogen-bond donors (Lipinski definition) is 3. The summed E-state index contributed by atoms with van der Waals surface area (Å²) in [5.74, 6) is -0.340. The Hall–Kier alpha value is -1.77. The normalized spacial score (nSPS) is 22.5. The fourth-order valence-corrected chi connectivity index (χ4v) is 0.960. The highest BCUT2D eigenvalue weighted by Crippen LogP contribution is 1.91. The van der Waals surface area contributed by atoms with Crippen LogP contribution < -0.4 is 16.0 Å². The molecule has 0 aromatic rings. The Bertz CT molecular complexity index is 270. The van der Waals surface area contributed by atoms with Gasteiger partial charge in [-0.15, -0.1) is 0 Å². The Morgan fingerprint density at radius 2 is 2.54 bits per heavy atom. The second-order valence-electron chi connectivity index (χ2n) is 2.77. The van der Waals surface area contributed by atoms with E-state index in [4.69, 9.17) is 5.26 Å². The van der Waals surface area contributed by atoms with Gasteiger partial charge in [0.2, 0.25) is 5.91 Å². The van der Waals surface area contributed by atoms with E-state index in [9.17, 15) is 9.59 Å². The molecule has 1 aliphatic heterocycles. The third kappa shape index (κ3) is 2.33. The second kappa shape index (κ2) is 3.76. The maximum Gasteiger partial charge on any atom is 0.315 e. The molecule has 0 spiro atoms. The van der Waals surface area contributed by atoms with E-state index in [-0.39, 0.29) is 18.5 Å². The lowest BCUT2D eigenvalue weighted by Gasteiger charge is -2.10. The van der Waals surface area contributed by atoms with Crippen molar-refractivity contribution in [3.05, 3.63) is 0 Å². The van der Waals surface area contributed by atoms with E-state index in [1.807, 2.05) is 6.07 Å². The van der Waals surface area contributed by atoms with Crippen molar-refractivity contribution in [1.82, 2.24) is 16.0 Å². The molecule has 6 heteroatoms.